The average Bonchev–Trinajstić information content (AvgIpc) is 2.52. The zero-order valence-corrected chi connectivity index (χ0v) is 13.0. The molecule has 0 aromatic heterocycles. The first-order valence-corrected chi connectivity index (χ1v) is 7.89. The maximum atomic E-state index is 13.5. The maximum Gasteiger partial charge on any atom is 0.254 e. The van der Waals surface area contributed by atoms with Gasteiger partial charge in [0.2, 0.25) is 5.91 Å². The Morgan fingerprint density at radius 3 is 2.55 bits per heavy atom. The zero-order valence-electron chi connectivity index (χ0n) is 13.0. The van der Waals surface area contributed by atoms with E-state index in [4.69, 9.17) is 0 Å². The fourth-order valence-corrected chi connectivity index (χ4v) is 3.02. The molecule has 0 aliphatic heterocycles. The molecule has 0 radical (unpaired) electrons. The molecule has 1 aliphatic rings. The fraction of sp³-hybridized carbons (Fsp3) is 0.529. The van der Waals surface area contributed by atoms with Crippen LogP contribution in [0.2, 0.25) is 0 Å². The Balaban J connectivity index is 1.86. The Morgan fingerprint density at radius 1 is 1.23 bits per heavy atom. The summed E-state index contributed by atoms with van der Waals surface area (Å²) in [4.78, 5) is 25.6. The normalized spacial score (nSPS) is 15.4. The van der Waals surface area contributed by atoms with Crippen LogP contribution in [0, 0.1) is 5.82 Å². The van der Waals surface area contributed by atoms with Gasteiger partial charge in [0.25, 0.3) is 5.91 Å². The van der Waals surface area contributed by atoms with Crippen LogP contribution in [0.5, 0.6) is 0 Å². The minimum atomic E-state index is -0.532. The molecule has 2 rings (SSSR count). The summed E-state index contributed by atoms with van der Waals surface area (Å²) in [5.41, 5.74) is 0.0366. The van der Waals surface area contributed by atoms with Crippen LogP contribution in [0.1, 0.15) is 49.4 Å². The van der Waals surface area contributed by atoms with Gasteiger partial charge in [-0.15, -0.1) is 0 Å². The lowest BCUT2D eigenvalue weighted by molar-refractivity contribution is -0.131. The molecule has 1 fully saturated rings. The molecule has 5 heteroatoms. The minimum Gasteiger partial charge on any atom is -0.350 e. The van der Waals surface area contributed by atoms with Gasteiger partial charge < -0.3 is 10.2 Å². The number of hydrogen-bond acceptors (Lipinski definition) is 2. The number of benzene rings is 1. The molecule has 0 heterocycles. The van der Waals surface area contributed by atoms with Crippen molar-refractivity contribution in [3.05, 3.63) is 35.6 Å². The van der Waals surface area contributed by atoms with E-state index < -0.39 is 11.7 Å². The van der Waals surface area contributed by atoms with Crippen molar-refractivity contribution in [1.29, 1.82) is 0 Å². The van der Waals surface area contributed by atoms with Gasteiger partial charge in [0, 0.05) is 26.1 Å². The third-order valence-electron chi connectivity index (χ3n) is 4.18. The number of rotatable bonds is 5. The smallest absolute Gasteiger partial charge is 0.254 e. The molecular formula is C17H23FN2O2. The van der Waals surface area contributed by atoms with Crippen LogP contribution in [0.4, 0.5) is 4.39 Å². The van der Waals surface area contributed by atoms with E-state index in [0.29, 0.717) is 13.1 Å². The van der Waals surface area contributed by atoms with E-state index in [1.807, 2.05) is 4.90 Å². The summed E-state index contributed by atoms with van der Waals surface area (Å²) >= 11 is 0. The van der Waals surface area contributed by atoms with Gasteiger partial charge in [-0.05, 0) is 25.0 Å². The number of nitrogens with zero attached hydrogens (tertiary/aromatic N) is 1. The number of carbonyl (C=O) groups is 2. The van der Waals surface area contributed by atoms with Gasteiger partial charge >= 0.3 is 0 Å². The lowest BCUT2D eigenvalue weighted by Crippen LogP contribution is -2.44. The van der Waals surface area contributed by atoms with E-state index in [-0.39, 0.29) is 17.5 Å². The summed E-state index contributed by atoms with van der Waals surface area (Å²) in [5.74, 6) is -0.937. The molecule has 4 nitrogen and oxygen atoms in total. The van der Waals surface area contributed by atoms with Gasteiger partial charge in [0.1, 0.15) is 5.82 Å². The third kappa shape index (κ3) is 4.29. The topological polar surface area (TPSA) is 49.4 Å². The molecule has 1 saturated carbocycles. The standard InChI is InChI=1S/C17H23FN2O2/c1-13(21)20(14-7-3-2-4-8-14)12-11-19-17(22)15-9-5-6-10-16(15)18/h5-6,9-10,14H,2-4,7-8,11-12H2,1H3,(H,19,22). The number of carbonyl (C=O) groups excluding carboxylic acids is 2. The highest BCUT2D eigenvalue weighted by Gasteiger charge is 2.23. The lowest BCUT2D eigenvalue weighted by Gasteiger charge is -2.33. The number of amides is 2. The molecule has 120 valence electrons. The Labute approximate surface area is 130 Å². The van der Waals surface area contributed by atoms with E-state index >= 15 is 0 Å². The summed E-state index contributed by atoms with van der Waals surface area (Å²) in [5, 5.41) is 2.69. The van der Waals surface area contributed by atoms with Crippen molar-refractivity contribution in [2.75, 3.05) is 13.1 Å². The summed E-state index contributed by atoms with van der Waals surface area (Å²) < 4.78 is 13.5. The van der Waals surface area contributed by atoms with E-state index in [1.54, 1.807) is 19.1 Å². The summed E-state index contributed by atoms with van der Waals surface area (Å²) in [6.07, 6.45) is 5.58. The first-order valence-electron chi connectivity index (χ1n) is 7.89. The van der Waals surface area contributed by atoms with Crippen LogP contribution in [-0.2, 0) is 4.79 Å². The summed E-state index contributed by atoms with van der Waals surface area (Å²) in [7, 11) is 0. The Kier molecular flexibility index (Phi) is 5.92. The quantitative estimate of drug-likeness (QED) is 0.909. The second kappa shape index (κ2) is 7.92. The van der Waals surface area contributed by atoms with Crippen molar-refractivity contribution >= 4 is 11.8 Å². The zero-order chi connectivity index (χ0) is 15.9. The molecule has 1 aliphatic carbocycles. The molecule has 0 atom stereocenters. The van der Waals surface area contributed by atoms with Crippen LogP contribution in [0.3, 0.4) is 0 Å². The van der Waals surface area contributed by atoms with Crippen molar-refractivity contribution in [2.45, 2.75) is 45.1 Å². The predicted molar refractivity (Wildman–Crippen MR) is 83.0 cm³/mol. The van der Waals surface area contributed by atoms with Crippen LogP contribution < -0.4 is 5.32 Å². The van der Waals surface area contributed by atoms with E-state index in [0.717, 1.165) is 25.7 Å². The highest BCUT2D eigenvalue weighted by Crippen LogP contribution is 2.22. The Morgan fingerprint density at radius 2 is 1.91 bits per heavy atom. The van der Waals surface area contributed by atoms with Crippen LogP contribution in [0.25, 0.3) is 0 Å². The molecule has 0 unspecified atom stereocenters. The average molecular weight is 306 g/mol. The molecule has 22 heavy (non-hydrogen) atoms. The second-order valence-electron chi connectivity index (χ2n) is 5.74. The van der Waals surface area contributed by atoms with Crippen LogP contribution >= 0.6 is 0 Å². The second-order valence-corrected chi connectivity index (χ2v) is 5.74. The van der Waals surface area contributed by atoms with Crippen molar-refractivity contribution in [3.8, 4) is 0 Å². The number of halogens is 1. The van der Waals surface area contributed by atoms with Crippen LogP contribution in [0.15, 0.2) is 24.3 Å². The van der Waals surface area contributed by atoms with Crippen molar-refractivity contribution in [2.24, 2.45) is 0 Å². The molecule has 0 spiro atoms. The molecule has 2 amide bonds. The Hall–Kier alpha value is -1.91. The summed E-state index contributed by atoms with van der Waals surface area (Å²) in [6, 6.07) is 6.17. The van der Waals surface area contributed by atoms with E-state index in [9.17, 15) is 14.0 Å². The van der Waals surface area contributed by atoms with Gasteiger partial charge in [-0.3, -0.25) is 9.59 Å². The SMILES string of the molecule is CC(=O)N(CCNC(=O)c1ccccc1F)C1CCCCC1. The van der Waals surface area contributed by atoms with E-state index in [2.05, 4.69) is 5.32 Å². The molecule has 1 aromatic rings. The minimum absolute atomic E-state index is 0.0343. The molecule has 0 bridgehead atoms. The van der Waals surface area contributed by atoms with Crippen molar-refractivity contribution < 1.29 is 14.0 Å². The van der Waals surface area contributed by atoms with Crippen LogP contribution in [-0.4, -0.2) is 35.8 Å². The third-order valence-corrected chi connectivity index (χ3v) is 4.18. The van der Waals surface area contributed by atoms with Crippen molar-refractivity contribution in [1.82, 2.24) is 10.2 Å². The highest BCUT2D eigenvalue weighted by molar-refractivity contribution is 5.94. The first kappa shape index (κ1) is 16.5. The van der Waals surface area contributed by atoms with Crippen molar-refractivity contribution in [3.63, 3.8) is 0 Å². The molecular weight excluding hydrogens is 283 g/mol. The van der Waals surface area contributed by atoms with Gasteiger partial charge in [0.05, 0.1) is 5.56 Å². The summed E-state index contributed by atoms with van der Waals surface area (Å²) in [6.45, 7) is 2.37. The number of nitrogens with one attached hydrogen (secondary N) is 1. The Bertz CT molecular complexity index is 527. The monoisotopic (exact) mass is 306 g/mol. The lowest BCUT2D eigenvalue weighted by atomic mass is 9.94. The van der Waals surface area contributed by atoms with E-state index in [1.165, 1.54) is 18.6 Å². The predicted octanol–water partition coefficient (Wildman–Crippen LogP) is 2.74. The van der Waals surface area contributed by atoms with Gasteiger partial charge in [-0.2, -0.15) is 0 Å². The number of hydrogen-bond donors (Lipinski definition) is 1. The molecule has 0 saturated heterocycles. The molecule has 1 aromatic carbocycles. The highest BCUT2D eigenvalue weighted by atomic mass is 19.1. The first-order chi connectivity index (χ1) is 10.6. The molecule has 1 N–H and O–H groups in total. The van der Waals surface area contributed by atoms with Gasteiger partial charge in [-0.1, -0.05) is 31.4 Å². The maximum absolute atomic E-state index is 13.5. The fourth-order valence-electron chi connectivity index (χ4n) is 3.02. The largest absolute Gasteiger partial charge is 0.350 e. The van der Waals surface area contributed by atoms with Gasteiger partial charge in [-0.25, -0.2) is 4.39 Å². The van der Waals surface area contributed by atoms with Gasteiger partial charge in [0.15, 0.2) is 0 Å².